The molecule has 5 aromatic rings. The molecule has 2 aromatic carbocycles. The van der Waals surface area contributed by atoms with Crippen molar-refractivity contribution in [2.75, 3.05) is 0 Å². The maximum Gasteiger partial charge on any atom is 0.333 e. The first-order valence-corrected chi connectivity index (χ1v) is 12.4. The second-order valence-electron chi connectivity index (χ2n) is 8.39. The van der Waals surface area contributed by atoms with Gasteiger partial charge in [-0.3, -0.25) is 14.1 Å². The average Bonchev–Trinajstić information content (AvgIpc) is 3.53. The molecular weight excluding hydrogens is 525 g/mol. The number of H-pyrrole nitrogens is 1. The zero-order valence-electron chi connectivity index (χ0n) is 19.5. The maximum atomic E-state index is 14.7. The third-order valence-corrected chi connectivity index (χ3v) is 6.68. The van der Waals surface area contributed by atoms with Crippen LogP contribution in [0.3, 0.4) is 0 Å². The monoisotopic (exact) mass is 547 g/mol. The van der Waals surface area contributed by atoms with Crippen molar-refractivity contribution in [1.82, 2.24) is 34.7 Å². The fourth-order valence-corrected chi connectivity index (χ4v) is 4.73. The minimum Gasteiger partial charge on any atom is -0.292 e. The summed E-state index contributed by atoms with van der Waals surface area (Å²) in [5.41, 5.74) is 4.40. The standard InChI is InChI=1S/C26H23BrFN7O/c1-2-3-5-19-16-35(24-22(27)6-4-7-23(24)28)26(36)34(19)15-17-8-10-18(11-9-17)21-14-29-13-12-20(21)25-30-32-33-31-25/h4,6-14,16H,2-3,5,15H2,1H3,(H,30,31,32,33). The van der Waals surface area contributed by atoms with E-state index in [0.717, 1.165) is 47.2 Å². The number of aromatic nitrogens is 7. The molecule has 10 heteroatoms. The highest BCUT2D eigenvalue weighted by Crippen LogP contribution is 2.29. The van der Waals surface area contributed by atoms with Gasteiger partial charge in [0.2, 0.25) is 5.82 Å². The number of unbranched alkanes of at least 4 members (excludes halogenated alkanes) is 1. The van der Waals surface area contributed by atoms with Crippen molar-refractivity contribution >= 4 is 15.9 Å². The minimum absolute atomic E-state index is 0.222. The lowest BCUT2D eigenvalue weighted by Gasteiger charge is -2.10. The highest BCUT2D eigenvalue weighted by Gasteiger charge is 2.18. The number of tetrazole rings is 1. The van der Waals surface area contributed by atoms with Gasteiger partial charge in [-0.2, -0.15) is 5.21 Å². The molecule has 0 bridgehead atoms. The van der Waals surface area contributed by atoms with E-state index in [4.69, 9.17) is 0 Å². The Balaban J connectivity index is 1.49. The van der Waals surface area contributed by atoms with E-state index in [0.29, 0.717) is 16.8 Å². The Hall–Kier alpha value is -3.92. The van der Waals surface area contributed by atoms with E-state index < -0.39 is 5.82 Å². The second-order valence-corrected chi connectivity index (χ2v) is 9.24. The molecule has 0 radical (unpaired) electrons. The molecule has 8 nitrogen and oxygen atoms in total. The molecule has 0 saturated heterocycles. The van der Waals surface area contributed by atoms with Crippen molar-refractivity contribution in [2.24, 2.45) is 0 Å². The summed E-state index contributed by atoms with van der Waals surface area (Å²) >= 11 is 3.39. The number of hydrogen-bond donors (Lipinski definition) is 1. The number of rotatable bonds is 8. The molecule has 3 heterocycles. The van der Waals surface area contributed by atoms with E-state index in [2.05, 4.69) is 48.5 Å². The molecule has 1 N–H and O–H groups in total. The third kappa shape index (κ3) is 4.64. The van der Waals surface area contributed by atoms with Crippen molar-refractivity contribution in [2.45, 2.75) is 32.7 Å². The summed E-state index contributed by atoms with van der Waals surface area (Å²) in [5, 5.41) is 14.3. The van der Waals surface area contributed by atoms with Crippen LogP contribution in [-0.4, -0.2) is 34.7 Å². The summed E-state index contributed by atoms with van der Waals surface area (Å²) in [7, 11) is 0. The molecule has 5 rings (SSSR count). The molecule has 3 aromatic heterocycles. The van der Waals surface area contributed by atoms with Crippen molar-refractivity contribution in [3.8, 4) is 28.2 Å². The first kappa shape index (κ1) is 23.8. The Bertz CT molecular complexity index is 1520. The fraction of sp³-hybridized carbons (Fsp3) is 0.192. The largest absolute Gasteiger partial charge is 0.333 e. The number of hydrogen-bond acceptors (Lipinski definition) is 5. The van der Waals surface area contributed by atoms with Gasteiger partial charge in [-0.15, -0.1) is 10.2 Å². The van der Waals surface area contributed by atoms with Crippen molar-refractivity contribution in [1.29, 1.82) is 0 Å². The van der Waals surface area contributed by atoms with Crippen LogP contribution < -0.4 is 5.69 Å². The molecule has 36 heavy (non-hydrogen) atoms. The average molecular weight is 548 g/mol. The molecule has 182 valence electrons. The Morgan fingerprint density at radius 2 is 1.92 bits per heavy atom. The van der Waals surface area contributed by atoms with Crippen LogP contribution in [-0.2, 0) is 13.0 Å². The van der Waals surface area contributed by atoms with Gasteiger partial charge in [-0.25, -0.2) is 9.18 Å². The van der Waals surface area contributed by atoms with Gasteiger partial charge < -0.3 is 0 Å². The van der Waals surface area contributed by atoms with Crippen LogP contribution in [0.25, 0.3) is 28.2 Å². The van der Waals surface area contributed by atoms with Crippen LogP contribution in [0.5, 0.6) is 0 Å². The molecule has 0 spiro atoms. The van der Waals surface area contributed by atoms with Crippen molar-refractivity contribution < 1.29 is 4.39 Å². The van der Waals surface area contributed by atoms with Crippen LogP contribution in [0.1, 0.15) is 31.0 Å². The number of nitrogens with zero attached hydrogens (tertiary/aromatic N) is 6. The topological polar surface area (TPSA) is 94.3 Å². The lowest BCUT2D eigenvalue weighted by molar-refractivity contribution is 0.611. The van der Waals surface area contributed by atoms with Gasteiger partial charge in [-0.05, 0) is 63.3 Å². The van der Waals surface area contributed by atoms with Crippen LogP contribution in [0.15, 0.2) is 76.4 Å². The number of imidazole rings is 1. The first-order chi connectivity index (χ1) is 17.6. The highest BCUT2D eigenvalue weighted by atomic mass is 79.9. The summed E-state index contributed by atoms with van der Waals surface area (Å²) in [6.07, 6.45) is 7.85. The smallest absolute Gasteiger partial charge is 0.292 e. The lowest BCUT2D eigenvalue weighted by Crippen LogP contribution is -2.25. The summed E-state index contributed by atoms with van der Waals surface area (Å²) < 4.78 is 18.3. The van der Waals surface area contributed by atoms with Gasteiger partial charge in [0.25, 0.3) is 0 Å². The van der Waals surface area contributed by atoms with Crippen LogP contribution in [0.2, 0.25) is 0 Å². The van der Waals surface area contributed by atoms with Gasteiger partial charge in [-0.1, -0.05) is 43.7 Å². The van der Waals surface area contributed by atoms with E-state index in [-0.39, 0.29) is 11.4 Å². The summed E-state index contributed by atoms with van der Waals surface area (Å²) in [6, 6.07) is 14.5. The Morgan fingerprint density at radius 3 is 2.64 bits per heavy atom. The predicted octanol–water partition coefficient (Wildman–Crippen LogP) is 5.17. The number of para-hydroxylation sites is 1. The number of aromatic amines is 1. The molecule has 0 atom stereocenters. The molecule has 0 fully saturated rings. The van der Waals surface area contributed by atoms with Crippen LogP contribution >= 0.6 is 15.9 Å². The van der Waals surface area contributed by atoms with E-state index in [1.54, 1.807) is 35.3 Å². The van der Waals surface area contributed by atoms with E-state index in [1.807, 2.05) is 30.3 Å². The van der Waals surface area contributed by atoms with Gasteiger partial charge in [0.1, 0.15) is 11.5 Å². The molecule has 0 aliphatic carbocycles. The number of nitrogens with one attached hydrogen (secondary N) is 1. The number of pyridine rings is 1. The van der Waals surface area contributed by atoms with Gasteiger partial charge in [0.15, 0.2) is 0 Å². The summed E-state index contributed by atoms with van der Waals surface area (Å²) in [4.78, 5) is 17.7. The molecule has 0 saturated carbocycles. The molecule has 0 amide bonds. The molecule has 0 aliphatic heterocycles. The summed E-state index contributed by atoms with van der Waals surface area (Å²) in [5.74, 6) is 0.0353. The molecule has 0 aliphatic rings. The number of aryl methyl sites for hydroxylation is 1. The van der Waals surface area contributed by atoms with E-state index >= 15 is 0 Å². The van der Waals surface area contributed by atoms with Crippen LogP contribution in [0, 0.1) is 5.82 Å². The zero-order chi connectivity index (χ0) is 25.1. The fourth-order valence-electron chi connectivity index (χ4n) is 4.20. The predicted molar refractivity (Wildman–Crippen MR) is 138 cm³/mol. The van der Waals surface area contributed by atoms with Gasteiger partial charge >= 0.3 is 5.69 Å². The SMILES string of the molecule is CCCCc1cn(-c2c(F)cccc2Br)c(=O)n1Cc1ccc(-c2cnccc2-c2nn[nH]n2)cc1. The van der Waals surface area contributed by atoms with E-state index in [1.165, 1.54) is 10.6 Å². The van der Waals surface area contributed by atoms with Crippen LogP contribution in [0.4, 0.5) is 4.39 Å². The number of halogens is 2. The first-order valence-electron chi connectivity index (χ1n) is 11.6. The Morgan fingerprint density at radius 1 is 1.08 bits per heavy atom. The highest BCUT2D eigenvalue weighted by molar-refractivity contribution is 9.10. The van der Waals surface area contributed by atoms with Crippen molar-refractivity contribution in [3.63, 3.8) is 0 Å². The molecule has 0 unspecified atom stereocenters. The van der Waals surface area contributed by atoms with Gasteiger partial charge in [0, 0.05) is 39.9 Å². The molecular formula is C26H23BrFN7O. The Labute approximate surface area is 215 Å². The Kier molecular flexibility index (Phi) is 6.86. The maximum absolute atomic E-state index is 14.7. The van der Waals surface area contributed by atoms with Crippen molar-refractivity contribution in [3.05, 3.63) is 99.2 Å². The second kappa shape index (κ2) is 10.4. The quantitative estimate of drug-likeness (QED) is 0.289. The summed E-state index contributed by atoms with van der Waals surface area (Å²) in [6.45, 7) is 2.48. The van der Waals surface area contributed by atoms with Gasteiger partial charge in [0.05, 0.1) is 6.54 Å². The van der Waals surface area contributed by atoms with E-state index in [9.17, 15) is 9.18 Å². The normalized spacial score (nSPS) is 11.2. The minimum atomic E-state index is -0.455. The zero-order valence-corrected chi connectivity index (χ0v) is 21.1. The lowest BCUT2D eigenvalue weighted by atomic mass is 10.0. The number of benzene rings is 2. The third-order valence-electron chi connectivity index (χ3n) is 6.04.